The standard InChI is InChI=1S/C22H23N9O/c32-20(24-15-7-8-15)16-12-18(29-28-16)25-21-27-22(26-19-6-3-11-31(19)21)30-10-2-5-17(30)14-4-1-9-23-13-14/h1,3-4,6,9,11-13,15,17H,2,5,7-8,10H2,(H,24,32)(H2,25,26,27,28,29). The van der Waals surface area contributed by atoms with Crippen molar-refractivity contribution < 1.29 is 4.79 Å². The number of aromatic amines is 1. The van der Waals surface area contributed by atoms with Crippen molar-refractivity contribution in [3.8, 4) is 0 Å². The normalized spacial score (nSPS) is 18.2. The third-order valence-corrected chi connectivity index (χ3v) is 5.93. The highest BCUT2D eigenvalue weighted by molar-refractivity contribution is 5.93. The van der Waals surface area contributed by atoms with E-state index in [4.69, 9.17) is 9.97 Å². The molecule has 10 heteroatoms. The van der Waals surface area contributed by atoms with E-state index in [1.165, 1.54) is 0 Å². The number of aromatic nitrogens is 6. The smallest absolute Gasteiger partial charge is 0.269 e. The molecule has 6 rings (SSSR count). The molecular formula is C22H23N9O. The van der Waals surface area contributed by atoms with Crippen molar-refractivity contribution in [3.05, 3.63) is 60.2 Å². The molecule has 1 amide bonds. The second kappa shape index (κ2) is 7.63. The zero-order valence-electron chi connectivity index (χ0n) is 17.4. The number of fused-ring (bicyclic) bond motifs is 1. The largest absolute Gasteiger partial charge is 0.348 e. The Balaban J connectivity index is 1.30. The number of anilines is 3. The Morgan fingerprint density at radius 3 is 2.94 bits per heavy atom. The summed E-state index contributed by atoms with van der Waals surface area (Å²) in [6.07, 6.45) is 9.78. The summed E-state index contributed by atoms with van der Waals surface area (Å²) in [7, 11) is 0. The Kier molecular flexibility index (Phi) is 4.48. The van der Waals surface area contributed by atoms with E-state index < -0.39 is 0 Å². The van der Waals surface area contributed by atoms with Crippen LogP contribution in [0.25, 0.3) is 5.65 Å². The molecule has 0 radical (unpaired) electrons. The molecule has 2 aliphatic rings. The quantitative estimate of drug-likeness (QED) is 0.432. The third-order valence-electron chi connectivity index (χ3n) is 5.93. The minimum absolute atomic E-state index is 0.140. The monoisotopic (exact) mass is 429 g/mol. The molecular weight excluding hydrogens is 406 g/mol. The van der Waals surface area contributed by atoms with Crippen LogP contribution < -0.4 is 15.5 Å². The van der Waals surface area contributed by atoms with Crippen molar-refractivity contribution in [1.29, 1.82) is 0 Å². The lowest BCUT2D eigenvalue weighted by atomic mass is 10.1. The molecule has 0 aromatic carbocycles. The molecule has 1 atom stereocenters. The number of amides is 1. The first-order valence-corrected chi connectivity index (χ1v) is 10.9. The molecule has 3 N–H and O–H groups in total. The number of hydrogen-bond acceptors (Lipinski definition) is 7. The number of nitrogens with one attached hydrogen (secondary N) is 3. The predicted molar refractivity (Wildman–Crippen MR) is 119 cm³/mol. The fourth-order valence-corrected chi connectivity index (χ4v) is 4.17. The van der Waals surface area contributed by atoms with Crippen molar-refractivity contribution in [2.75, 3.05) is 16.8 Å². The van der Waals surface area contributed by atoms with Gasteiger partial charge in [-0.05, 0) is 49.4 Å². The summed E-state index contributed by atoms with van der Waals surface area (Å²) < 4.78 is 1.87. The highest BCUT2D eigenvalue weighted by atomic mass is 16.2. The van der Waals surface area contributed by atoms with Crippen LogP contribution in [-0.2, 0) is 0 Å². The highest BCUT2D eigenvalue weighted by Gasteiger charge is 2.29. The van der Waals surface area contributed by atoms with E-state index in [1.54, 1.807) is 12.3 Å². The van der Waals surface area contributed by atoms with Gasteiger partial charge in [0.05, 0.1) is 6.04 Å². The number of hydrogen-bond donors (Lipinski definition) is 3. The van der Waals surface area contributed by atoms with E-state index in [0.717, 1.165) is 43.4 Å². The molecule has 5 heterocycles. The van der Waals surface area contributed by atoms with Crippen LogP contribution in [0.5, 0.6) is 0 Å². The molecule has 162 valence electrons. The van der Waals surface area contributed by atoms with Crippen LogP contribution in [-0.4, -0.2) is 48.0 Å². The van der Waals surface area contributed by atoms with Gasteiger partial charge < -0.3 is 15.5 Å². The Morgan fingerprint density at radius 1 is 1.16 bits per heavy atom. The van der Waals surface area contributed by atoms with Gasteiger partial charge in [-0.2, -0.15) is 15.1 Å². The van der Waals surface area contributed by atoms with E-state index in [9.17, 15) is 4.79 Å². The lowest BCUT2D eigenvalue weighted by Gasteiger charge is -2.25. The van der Waals surface area contributed by atoms with Gasteiger partial charge in [-0.3, -0.25) is 19.3 Å². The fourth-order valence-electron chi connectivity index (χ4n) is 4.17. The number of nitrogens with zero attached hydrogens (tertiary/aromatic N) is 6. The van der Waals surface area contributed by atoms with E-state index >= 15 is 0 Å². The van der Waals surface area contributed by atoms with Crippen molar-refractivity contribution in [1.82, 2.24) is 34.9 Å². The van der Waals surface area contributed by atoms with Crippen LogP contribution in [0.1, 0.15) is 47.8 Å². The number of carbonyl (C=O) groups excluding carboxylic acids is 1. The van der Waals surface area contributed by atoms with Gasteiger partial charge in [-0.1, -0.05) is 6.07 Å². The zero-order chi connectivity index (χ0) is 21.5. The average molecular weight is 429 g/mol. The first-order valence-electron chi connectivity index (χ1n) is 10.9. The Hall–Kier alpha value is -3.95. The number of H-pyrrole nitrogens is 1. The summed E-state index contributed by atoms with van der Waals surface area (Å²) in [6.45, 7) is 0.879. The van der Waals surface area contributed by atoms with Crippen molar-refractivity contribution in [3.63, 3.8) is 0 Å². The minimum atomic E-state index is -0.140. The molecule has 2 fully saturated rings. The van der Waals surface area contributed by atoms with E-state index in [2.05, 4.69) is 36.8 Å². The highest BCUT2D eigenvalue weighted by Crippen LogP contribution is 2.35. The third kappa shape index (κ3) is 3.53. The van der Waals surface area contributed by atoms with Crippen LogP contribution in [0.4, 0.5) is 17.7 Å². The first-order chi connectivity index (χ1) is 15.7. The van der Waals surface area contributed by atoms with Crippen LogP contribution in [0.15, 0.2) is 48.9 Å². The SMILES string of the molecule is O=C(NC1CC1)c1cc(Nc2nc(N3CCCC3c3cccnc3)nc3cccn23)n[nH]1. The van der Waals surface area contributed by atoms with Crippen LogP contribution in [0, 0.1) is 0 Å². The number of carbonyl (C=O) groups is 1. The molecule has 10 nitrogen and oxygen atoms in total. The maximum Gasteiger partial charge on any atom is 0.269 e. The van der Waals surface area contributed by atoms with Crippen molar-refractivity contribution >= 4 is 29.3 Å². The van der Waals surface area contributed by atoms with Gasteiger partial charge >= 0.3 is 0 Å². The molecule has 0 spiro atoms. The second-order valence-electron chi connectivity index (χ2n) is 8.26. The maximum atomic E-state index is 12.3. The Bertz CT molecular complexity index is 1260. The summed E-state index contributed by atoms with van der Waals surface area (Å²) in [5.41, 5.74) is 2.38. The lowest BCUT2D eigenvalue weighted by Crippen LogP contribution is -2.25. The summed E-state index contributed by atoms with van der Waals surface area (Å²) in [5.74, 6) is 1.63. The van der Waals surface area contributed by atoms with E-state index in [0.29, 0.717) is 29.5 Å². The summed E-state index contributed by atoms with van der Waals surface area (Å²) >= 11 is 0. The maximum absolute atomic E-state index is 12.3. The predicted octanol–water partition coefficient (Wildman–Crippen LogP) is 2.82. The van der Waals surface area contributed by atoms with Gasteiger partial charge in [0.15, 0.2) is 5.82 Å². The molecule has 1 saturated carbocycles. The van der Waals surface area contributed by atoms with Crippen LogP contribution >= 0.6 is 0 Å². The molecule has 32 heavy (non-hydrogen) atoms. The lowest BCUT2D eigenvalue weighted by molar-refractivity contribution is 0.0946. The van der Waals surface area contributed by atoms with Gasteiger partial charge in [0.25, 0.3) is 5.91 Å². The van der Waals surface area contributed by atoms with Gasteiger partial charge in [0, 0.05) is 37.2 Å². The van der Waals surface area contributed by atoms with E-state index in [-0.39, 0.29) is 11.9 Å². The molecule has 0 bridgehead atoms. The fraction of sp³-hybridized carbons (Fsp3) is 0.318. The molecule has 1 saturated heterocycles. The van der Waals surface area contributed by atoms with Gasteiger partial charge in [0.2, 0.25) is 11.9 Å². The van der Waals surface area contributed by atoms with E-state index in [1.807, 2.05) is 35.0 Å². The second-order valence-corrected chi connectivity index (χ2v) is 8.26. The average Bonchev–Trinajstić information content (AvgIpc) is 3.23. The van der Waals surface area contributed by atoms with Gasteiger partial charge in [-0.25, -0.2) is 0 Å². The molecule has 1 aliphatic heterocycles. The summed E-state index contributed by atoms with van der Waals surface area (Å²) in [6, 6.07) is 10.1. The Morgan fingerprint density at radius 2 is 2.09 bits per heavy atom. The summed E-state index contributed by atoms with van der Waals surface area (Å²) in [5, 5.41) is 13.3. The first kappa shape index (κ1) is 18.8. The van der Waals surface area contributed by atoms with Crippen LogP contribution in [0.3, 0.4) is 0 Å². The topological polar surface area (TPSA) is 116 Å². The van der Waals surface area contributed by atoms with Crippen LogP contribution in [0.2, 0.25) is 0 Å². The summed E-state index contributed by atoms with van der Waals surface area (Å²) in [4.78, 5) is 28.4. The zero-order valence-corrected chi connectivity index (χ0v) is 17.4. The Labute approximate surface area is 184 Å². The molecule has 1 aliphatic carbocycles. The van der Waals surface area contributed by atoms with Gasteiger partial charge in [-0.15, -0.1) is 0 Å². The van der Waals surface area contributed by atoms with Crippen molar-refractivity contribution in [2.45, 2.75) is 37.8 Å². The van der Waals surface area contributed by atoms with Crippen molar-refractivity contribution in [2.24, 2.45) is 0 Å². The van der Waals surface area contributed by atoms with Gasteiger partial charge in [0.1, 0.15) is 11.3 Å². The molecule has 1 unspecified atom stereocenters. The molecule has 4 aromatic rings. The minimum Gasteiger partial charge on any atom is -0.348 e. The number of pyridine rings is 1. The molecule has 4 aromatic heterocycles. The number of rotatable bonds is 6.